The summed E-state index contributed by atoms with van der Waals surface area (Å²) in [6.45, 7) is 3.48. The van der Waals surface area contributed by atoms with Gasteiger partial charge in [-0.25, -0.2) is 0 Å². The maximum atomic E-state index is 12.7. The number of H-pyrrole nitrogens is 1. The third kappa shape index (κ3) is 3.82. The molecule has 1 aliphatic rings. The molecule has 1 saturated heterocycles. The molecule has 0 saturated carbocycles. The van der Waals surface area contributed by atoms with Crippen LogP contribution in [0.2, 0.25) is 0 Å². The van der Waals surface area contributed by atoms with E-state index in [1.54, 1.807) is 6.20 Å². The van der Waals surface area contributed by atoms with Crippen LogP contribution in [-0.4, -0.2) is 40.0 Å². The number of piperidine rings is 1. The lowest BCUT2D eigenvalue weighted by molar-refractivity contribution is -0.119. The zero-order chi connectivity index (χ0) is 16.9. The molecule has 2 amide bonds. The minimum atomic E-state index is -0.0617. The van der Waals surface area contributed by atoms with Crippen molar-refractivity contribution in [2.75, 3.05) is 13.1 Å². The van der Waals surface area contributed by atoms with Gasteiger partial charge in [-0.15, -0.1) is 0 Å². The van der Waals surface area contributed by atoms with Gasteiger partial charge < -0.3 is 10.2 Å². The molecule has 1 atom stereocenters. The maximum absolute atomic E-state index is 12.7. The Morgan fingerprint density at radius 1 is 1.29 bits per heavy atom. The Morgan fingerprint density at radius 3 is 2.75 bits per heavy atom. The van der Waals surface area contributed by atoms with Gasteiger partial charge >= 0.3 is 0 Å². The molecule has 2 N–H and O–H groups in total. The number of nitrogens with one attached hydrogen (secondary N) is 2. The van der Waals surface area contributed by atoms with Crippen molar-refractivity contribution in [2.45, 2.75) is 32.2 Å². The van der Waals surface area contributed by atoms with Crippen LogP contribution in [0.4, 0.5) is 0 Å². The highest BCUT2D eigenvalue weighted by Crippen LogP contribution is 2.26. The first-order valence-electron chi connectivity index (χ1n) is 8.25. The molecule has 0 spiro atoms. The van der Waals surface area contributed by atoms with Crippen molar-refractivity contribution in [3.63, 3.8) is 0 Å². The summed E-state index contributed by atoms with van der Waals surface area (Å²) in [7, 11) is 0. The number of aromatic amines is 1. The van der Waals surface area contributed by atoms with Gasteiger partial charge in [0.25, 0.3) is 5.91 Å². The average molecular weight is 326 g/mol. The first kappa shape index (κ1) is 16.2. The number of nitrogens with zero attached hydrogens (tertiary/aromatic N) is 2. The van der Waals surface area contributed by atoms with E-state index in [-0.39, 0.29) is 11.8 Å². The molecule has 0 radical (unpaired) electrons. The van der Waals surface area contributed by atoms with Crippen LogP contribution in [-0.2, 0) is 11.3 Å². The van der Waals surface area contributed by atoms with Crippen LogP contribution < -0.4 is 5.32 Å². The predicted molar refractivity (Wildman–Crippen MR) is 90.4 cm³/mol. The number of rotatable bonds is 4. The molecular weight excluding hydrogens is 304 g/mol. The normalized spacial score (nSPS) is 17.5. The van der Waals surface area contributed by atoms with Gasteiger partial charge in [0.15, 0.2) is 0 Å². The SMILES string of the molecule is CC(=O)NCc1ccc(C(=O)N2CCC[C@@H](c3ccn[nH]3)C2)cc1. The molecule has 24 heavy (non-hydrogen) atoms. The Hall–Kier alpha value is -2.63. The van der Waals surface area contributed by atoms with Gasteiger partial charge in [-0.05, 0) is 36.6 Å². The van der Waals surface area contributed by atoms with Crippen LogP contribution in [0.15, 0.2) is 36.5 Å². The lowest BCUT2D eigenvalue weighted by Crippen LogP contribution is -2.39. The molecule has 3 rings (SSSR count). The molecule has 0 bridgehead atoms. The summed E-state index contributed by atoms with van der Waals surface area (Å²) in [5.41, 5.74) is 2.76. The van der Waals surface area contributed by atoms with E-state index in [9.17, 15) is 9.59 Å². The summed E-state index contributed by atoms with van der Waals surface area (Å²) < 4.78 is 0. The van der Waals surface area contributed by atoms with Gasteiger partial charge in [-0.3, -0.25) is 14.7 Å². The van der Waals surface area contributed by atoms with E-state index in [1.807, 2.05) is 35.2 Å². The van der Waals surface area contributed by atoms with Crippen LogP contribution in [0.1, 0.15) is 47.3 Å². The fourth-order valence-electron chi connectivity index (χ4n) is 3.08. The number of hydrogen-bond acceptors (Lipinski definition) is 3. The summed E-state index contributed by atoms with van der Waals surface area (Å²) in [6, 6.07) is 9.42. The number of benzene rings is 1. The fourth-order valence-corrected chi connectivity index (χ4v) is 3.08. The molecule has 6 nitrogen and oxygen atoms in total. The number of carbonyl (C=O) groups excluding carboxylic acids is 2. The van der Waals surface area contributed by atoms with Gasteiger partial charge in [-0.2, -0.15) is 5.10 Å². The molecule has 126 valence electrons. The van der Waals surface area contributed by atoms with Crippen molar-refractivity contribution in [2.24, 2.45) is 0 Å². The number of carbonyl (C=O) groups is 2. The molecule has 1 aromatic heterocycles. The first-order valence-corrected chi connectivity index (χ1v) is 8.25. The van der Waals surface area contributed by atoms with Gasteiger partial charge in [0, 0.05) is 49.9 Å². The molecule has 2 heterocycles. The highest BCUT2D eigenvalue weighted by Gasteiger charge is 2.26. The lowest BCUT2D eigenvalue weighted by atomic mass is 9.94. The molecule has 6 heteroatoms. The van der Waals surface area contributed by atoms with E-state index in [1.165, 1.54) is 6.92 Å². The minimum absolute atomic E-state index is 0.0605. The van der Waals surface area contributed by atoms with E-state index >= 15 is 0 Å². The Bertz CT molecular complexity index is 694. The standard InChI is InChI=1S/C18H22N4O2/c1-13(23)19-11-14-4-6-15(7-5-14)18(24)22-10-2-3-16(12-22)17-8-9-20-21-17/h4-9,16H,2-3,10-12H2,1H3,(H,19,23)(H,20,21)/t16-/m1/s1. The van der Waals surface area contributed by atoms with E-state index < -0.39 is 0 Å². The van der Waals surface area contributed by atoms with Crippen molar-refractivity contribution in [3.8, 4) is 0 Å². The second-order valence-electron chi connectivity index (χ2n) is 6.21. The van der Waals surface area contributed by atoms with E-state index in [4.69, 9.17) is 0 Å². The molecular formula is C18H22N4O2. The largest absolute Gasteiger partial charge is 0.352 e. The van der Waals surface area contributed by atoms with Crippen molar-refractivity contribution in [1.29, 1.82) is 0 Å². The summed E-state index contributed by atoms with van der Waals surface area (Å²) in [4.78, 5) is 25.6. The van der Waals surface area contributed by atoms with Gasteiger partial charge in [0.2, 0.25) is 5.91 Å². The summed E-state index contributed by atoms with van der Waals surface area (Å²) in [5, 5.41) is 9.77. The second kappa shape index (κ2) is 7.29. The second-order valence-corrected chi connectivity index (χ2v) is 6.21. The van der Waals surface area contributed by atoms with Crippen molar-refractivity contribution in [3.05, 3.63) is 53.3 Å². The molecule has 1 aromatic carbocycles. The lowest BCUT2D eigenvalue weighted by Gasteiger charge is -2.32. The molecule has 0 aliphatic carbocycles. The summed E-state index contributed by atoms with van der Waals surface area (Å²) in [6.07, 6.45) is 3.82. The van der Waals surface area contributed by atoms with Gasteiger partial charge in [-0.1, -0.05) is 12.1 Å². The Balaban J connectivity index is 1.64. The van der Waals surface area contributed by atoms with Crippen LogP contribution in [0.5, 0.6) is 0 Å². The minimum Gasteiger partial charge on any atom is -0.352 e. The molecule has 2 aromatic rings. The summed E-state index contributed by atoms with van der Waals surface area (Å²) >= 11 is 0. The third-order valence-corrected chi connectivity index (χ3v) is 4.41. The van der Waals surface area contributed by atoms with Crippen LogP contribution in [0.3, 0.4) is 0 Å². The highest BCUT2D eigenvalue weighted by molar-refractivity contribution is 5.94. The van der Waals surface area contributed by atoms with Crippen LogP contribution in [0, 0.1) is 0 Å². The fraction of sp³-hybridized carbons (Fsp3) is 0.389. The first-order chi connectivity index (χ1) is 11.6. The monoisotopic (exact) mass is 326 g/mol. The van der Waals surface area contributed by atoms with Gasteiger partial charge in [0.05, 0.1) is 0 Å². The Morgan fingerprint density at radius 2 is 2.08 bits per heavy atom. The molecule has 0 unspecified atom stereocenters. The van der Waals surface area contributed by atoms with Crippen molar-refractivity contribution < 1.29 is 9.59 Å². The topological polar surface area (TPSA) is 78.1 Å². The van der Waals surface area contributed by atoms with Crippen LogP contribution >= 0.6 is 0 Å². The van der Waals surface area contributed by atoms with Gasteiger partial charge in [0.1, 0.15) is 0 Å². The molecule has 1 fully saturated rings. The van der Waals surface area contributed by atoms with E-state index in [0.717, 1.165) is 30.6 Å². The Kier molecular flexibility index (Phi) is 4.93. The zero-order valence-corrected chi connectivity index (χ0v) is 13.8. The maximum Gasteiger partial charge on any atom is 0.253 e. The van der Waals surface area contributed by atoms with E-state index in [2.05, 4.69) is 15.5 Å². The van der Waals surface area contributed by atoms with Crippen molar-refractivity contribution in [1.82, 2.24) is 20.4 Å². The third-order valence-electron chi connectivity index (χ3n) is 4.41. The number of likely N-dealkylation sites (tertiary alicyclic amines) is 1. The van der Waals surface area contributed by atoms with Crippen molar-refractivity contribution >= 4 is 11.8 Å². The highest BCUT2D eigenvalue weighted by atomic mass is 16.2. The zero-order valence-electron chi connectivity index (χ0n) is 13.8. The molecule has 1 aliphatic heterocycles. The Labute approximate surface area is 141 Å². The summed E-state index contributed by atoms with van der Waals surface area (Å²) in [5.74, 6) is 0.322. The quantitative estimate of drug-likeness (QED) is 0.903. The number of aromatic nitrogens is 2. The average Bonchev–Trinajstić information content (AvgIpc) is 3.14. The smallest absolute Gasteiger partial charge is 0.253 e. The van der Waals surface area contributed by atoms with Crippen LogP contribution in [0.25, 0.3) is 0 Å². The number of hydrogen-bond donors (Lipinski definition) is 2. The predicted octanol–water partition coefficient (Wildman–Crippen LogP) is 2.07. The number of amides is 2. The van der Waals surface area contributed by atoms with E-state index in [0.29, 0.717) is 24.6 Å².